The van der Waals surface area contributed by atoms with Crippen LogP contribution in [-0.2, 0) is 4.79 Å². The first-order valence-electron chi connectivity index (χ1n) is 13.3. The molecule has 2 aromatic rings. The first-order valence-corrected chi connectivity index (χ1v) is 13.3. The third-order valence-corrected chi connectivity index (χ3v) is 8.16. The molecule has 3 fully saturated rings. The fourth-order valence-corrected chi connectivity index (χ4v) is 6.01. The molecular weight excluding hydrogens is 418 g/mol. The maximum absolute atomic E-state index is 12.7. The van der Waals surface area contributed by atoms with Crippen molar-refractivity contribution in [3.05, 3.63) is 84.1 Å². The Morgan fingerprint density at radius 2 is 1.44 bits per heavy atom. The summed E-state index contributed by atoms with van der Waals surface area (Å²) in [6.07, 6.45) is 7.53. The smallest absolute Gasteiger partial charge is 0.223 e. The van der Waals surface area contributed by atoms with Crippen LogP contribution in [0.25, 0.3) is 0 Å². The van der Waals surface area contributed by atoms with Crippen molar-refractivity contribution in [1.82, 2.24) is 15.1 Å². The molecule has 1 amide bonds. The highest BCUT2D eigenvalue weighted by Gasteiger charge is 2.46. The SMILES string of the molecule is C=C([C@H]1C[C@@H]1C(=O)NCC1CCCCC1)N1CCN(C(c2ccccc2)c2ccccc2)CC1. The molecule has 1 N–H and O–H groups in total. The summed E-state index contributed by atoms with van der Waals surface area (Å²) in [5.41, 5.74) is 3.86. The Morgan fingerprint density at radius 3 is 2.03 bits per heavy atom. The van der Waals surface area contributed by atoms with Crippen molar-refractivity contribution < 1.29 is 4.79 Å². The van der Waals surface area contributed by atoms with Gasteiger partial charge in [0.05, 0.1) is 6.04 Å². The second-order valence-electron chi connectivity index (χ2n) is 10.4. The van der Waals surface area contributed by atoms with Gasteiger partial charge in [0.15, 0.2) is 0 Å². The molecule has 0 spiro atoms. The van der Waals surface area contributed by atoms with Crippen molar-refractivity contribution in [2.24, 2.45) is 17.8 Å². The number of nitrogens with one attached hydrogen (secondary N) is 1. The lowest BCUT2D eigenvalue weighted by Gasteiger charge is -2.41. The molecule has 34 heavy (non-hydrogen) atoms. The molecule has 0 unspecified atom stereocenters. The molecule has 2 aliphatic carbocycles. The first-order chi connectivity index (χ1) is 16.7. The predicted octanol–water partition coefficient (Wildman–Crippen LogP) is 5.24. The summed E-state index contributed by atoms with van der Waals surface area (Å²) < 4.78 is 0. The van der Waals surface area contributed by atoms with Crippen molar-refractivity contribution >= 4 is 5.91 Å². The average Bonchev–Trinajstić information content (AvgIpc) is 3.71. The summed E-state index contributed by atoms with van der Waals surface area (Å²) in [6.45, 7) is 9.25. The zero-order valence-electron chi connectivity index (χ0n) is 20.4. The van der Waals surface area contributed by atoms with Crippen LogP contribution in [0, 0.1) is 17.8 Å². The highest BCUT2D eigenvalue weighted by Crippen LogP contribution is 2.45. The van der Waals surface area contributed by atoms with Gasteiger partial charge in [0.2, 0.25) is 5.91 Å². The van der Waals surface area contributed by atoms with Crippen molar-refractivity contribution in [1.29, 1.82) is 0 Å². The number of nitrogens with zero attached hydrogens (tertiary/aromatic N) is 2. The second-order valence-corrected chi connectivity index (χ2v) is 10.4. The Hall–Kier alpha value is -2.59. The summed E-state index contributed by atoms with van der Waals surface area (Å²) in [7, 11) is 0. The zero-order chi connectivity index (χ0) is 23.3. The maximum Gasteiger partial charge on any atom is 0.223 e. The molecule has 3 aliphatic rings. The summed E-state index contributed by atoms with van der Waals surface area (Å²) in [6, 6.07) is 21.9. The minimum absolute atomic E-state index is 0.135. The van der Waals surface area contributed by atoms with Crippen LogP contribution >= 0.6 is 0 Å². The van der Waals surface area contributed by atoms with Gasteiger partial charge in [-0.1, -0.05) is 86.5 Å². The van der Waals surface area contributed by atoms with Gasteiger partial charge in [-0.2, -0.15) is 0 Å². The lowest BCUT2D eigenvalue weighted by atomic mass is 9.89. The molecule has 0 bridgehead atoms. The molecule has 2 saturated carbocycles. The third kappa shape index (κ3) is 5.38. The first kappa shape index (κ1) is 23.2. The van der Waals surface area contributed by atoms with E-state index in [4.69, 9.17) is 0 Å². The Labute approximate surface area is 205 Å². The molecule has 180 valence electrons. The standard InChI is InChI=1S/C30H39N3O/c1-23(27-21-28(27)30(34)31-22-24-11-5-2-6-12-24)32-17-19-33(20-18-32)29(25-13-7-3-8-14-25)26-15-9-4-10-16-26/h3-4,7-10,13-16,24,27-29H,1-2,5-6,11-12,17-22H2,(H,31,34)/t27-,28+/m1/s1. The van der Waals surface area contributed by atoms with E-state index in [-0.39, 0.29) is 17.9 Å². The summed E-state index contributed by atoms with van der Waals surface area (Å²) in [4.78, 5) is 17.7. The van der Waals surface area contributed by atoms with Gasteiger partial charge in [0.1, 0.15) is 0 Å². The highest BCUT2D eigenvalue weighted by atomic mass is 16.2. The summed E-state index contributed by atoms with van der Waals surface area (Å²) in [5, 5.41) is 3.25. The number of hydrogen-bond donors (Lipinski definition) is 1. The van der Waals surface area contributed by atoms with E-state index in [2.05, 4.69) is 82.4 Å². The molecule has 2 atom stereocenters. The van der Waals surface area contributed by atoms with Crippen molar-refractivity contribution in [2.75, 3.05) is 32.7 Å². The van der Waals surface area contributed by atoms with Gasteiger partial charge in [-0.25, -0.2) is 0 Å². The number of carbonyl (C=O) groups excluding carboxylic acids is 1. The number of piperazine rings is 1. The van der Waals surface area contributed by atoms with Crippen molar-refractivity contribution in [3.8, 4) is 0 Å². The quantitative estimate of drug-likeness (QED) is 0.589. The van der Waals surface area contributed by atoms with Gasteiger partial charge in [0, 0.05) is 50.3 Å². The van der Waals surface area contributed by atoms with Crippen LogP contribution < -0.4 is 5.32 Å². The molecule has 1 heterocycles. The van der Waals surface area contributed by atoms with Gasteiger partial charge in [0.25, 0.3) is 0 Å². The van der Waals surface area contributed by atoms with Crippen LogP contribution in [-0.4, -0.2) is 48.4 Å². The molecule has 1 saturated heterocycles. The van der Waals surface area contributed by atoms with Gasteiger partial charge < -0.3 is 10.2 Å². The van der Waals surface area contributed by atoms with Gasteiger partial charge in [-0.05, 0) is 36.3 Å². The zero-order valence-corrected chi connectivity index (χ0v) is 20.4. The van der Waals surface area contributed by atoms with E-state index >= 15 is 0 Å². The average molecular weight is 458 g/mol. The lowest BCUT2D eigenvalue weighted by molar-refractivity contribution is -0.122. The van der Waals surface area contributed by atoms with E-state index in [1.165, 1.54) is 48.9 Å². The summed E-state index contributed by atoms with van der Waals surface area (Å²) >= 11 is 0. The van der Waals surface area contributed by atoms with E-state index in [0.717, 1.165) is 39.1 Å². The van der Waals surface area contributed by atoms with Crippen LogP contribution in [0.2, 0.25) is 0 Å². The second kappa shape index (κ2) is 10.8. The molecule has 4 nitrogen and oxygen atoms in total. The van der Waals surface area contributed by atoms with Crippen LogP contribution in [0.3, 0.4) is 0 Å². The van der Waals surface area contributed by atoms with Crippen LogP contribution in [0.5, 0.6) is 0 Å². The molecule has 5 rings (SSSR count). The molecule has 2 aromatic carbocycles. The molecule has 0 radical (unpaired) electrons. The molecule has 0 aromatic heterocycles. The highest BCUT2D eigenvalue weighted by molar-refractivity contribution is 5.82. The van der Waals surface area contributed by atoms with E-state index in [1.54, 1.807) is 0 Å². The Morgan fingerprint density at radius 1 is 0.853 bits per heavy atom. The monoisotopic (exact) mass is 457 g/mol. The van der Waals surface area contributed by atoms with Crippen LogP contribution in [0.4, 0.5) is 0 Å². The van der Waals surface area contributed by atoms with E-state index in [0.29, 0.717) is 11.8 Å². The van der Waals surface area contributed by atoms with Gasteiger partial charge >= 0.3 is 0 Å². The molecule has 4 heteroatoms. The van der Waals surface area contributed by atoms with Crippen molar-refractivity contribution in [3.63, 3.8) is 0 Å². The normalized spacial score (nSPS) is 23.6. The number of rotatable bonds is 8. The predicted molar refractivity (Wildman–Crippen MR) is 138 cm³/mol. The molecular formula is C30H39N3O. The topological polar surface area (TPSA) is 35.6 Å². The van der Waals surface area contributed by atoms with Crippen LogP contribution in [0.1, 0.15) is 55.7 Å². The fourth-order valence-electron chi connectivity index (χ4n) is 6.01. The fraction of sp³-hybridized carbons (Fsp3) is 0.500. The van der Waals surface area contributed by atoms with E-state index in [9.17, 15) is 4.79 Å². The molecule has 1 aliphatic heterocycles. The number of allylic oxidation sites excluding steroid dienone is 1. The number of hydrogen-bond acceptors (Lipinski definition) is 3. The number of carbonyl (C=O) groups is 1. The number of benzene rings is 2. The Kier molecular flexibility index (Phi) is 7.34. The van der Waals surface area contributed by atoms with Gasteiger partial charge in [-0.15, -0.1) is 0 Å². The minimum Gasteiger partial charge on any atom is -0.372 e. The van der Waals surface area contributed by atoms with Crippen LogP contribution in [0.15, 0.2) is 72.9 Å². The maximum atomic E-state index is 12.7. The van der Waals surface area contributed by atoms with Gasteiger partial charge in [-0.3, -0.25) is 9.69 Å². The lowest BCUT2D eigenvalue weighted by Crippen LogP contribution is -2.47. The van der Waals surface area contributed by atoms with E-state index in [1.807, 2.05) is 0 Å². The third-order valence-electron chi connectivity index (χ3n) is 8.16. The van der Waals surface area contributed by atoms with E-state index < -0.39 is 0 Å². The summed E-state index contributed by atoms with van der Waals surface area (Å²) in [5.74, 6) is 1.41. The Balaban J connectivity index is 1.14. The van der Waals surface area contributed by atoms with Crippen molar-refractivity contribution in [2.45, 2.75) is 44.6 Å². The number of amides is 1. The largest absolute Gasteiger partial charge is 0.372 e. The minimum atomic E-state index is 0.135. The Bertz CT molecular complexity index is 906.